The molecule has 0 aliphatic rings. The molecule has 0 aromatic heterocycles. The van der Waals surface area contributed by atoms with Crippen molar-refractivity contribution >= 4 is 11.9 Å². The number of nitrogens with one attached hydrogen (secondary N) is 1. The van der Waals surface area contributed by atoms with Crippen molar-refractivity contribution in [2.45, 2.75) is 25.5 Å². The van der Waals surface area contributed by atoms with Gasteiger partial charge in [-0.2, -0.15) is 0 Å². The zero-order chi connectivity index (χ0) is 16.4. The van der Waals surface area contributed by atoms with Crippen LogP contribution in [0.4, 0.5) is 0 Å². The lowest BCUT2D eigenvalue weighted by molar-refractivity contribution is -0.822. The highest BCUT2D eigenvalue weighted by molar-refractivity contribution is 5.76. The van der Waals surface area contributed by atoms with Crippen molar-refractivity contribution in [1.29, 1.82) is 0 Å². The number of nitrogens with zero attached hydrogens (tertiary/aromatic N) is 2. The standard InChI is InChI=1S/C13H20N5O4/c14-11(7-4-8-16-13(15)17-18(20)21)12(19)22-9-10-5-2-1-3-6-10/h1-3,5-6,11H,4,7-9,14H2,(H,20,21)(H3,15,16,17)/q+1/t11-/m0/s1. The summed E-state index contributed by atoms with van der Waals surface area (Å²) in [6, 6.07) is 8.54. The van der Waals surface area contributed by atoms with Gasteiger partial charge in [0.05, 0.1) is 0 Å². The molecule has 22 heavy (non-hydrogen) atoms. The number of hydrazine groups is 1. The van der Waals surface area contributed by atoms with Gasteiger partial charge < -0.3 is 16.2 Å². The lowest BCUT2D eigenvalue weighted by atomic mass is 10.1. The van der Waals surface area contributed by atoms with Crippen LogP contribution in [0.15, 0.2) is 35.3 Å². The van der Waals surface area contributed by atoms with Crippen LogP contribution in [0.1, 0.15) is 18.4 Å². The number of carbonyl (C=O) groups excluding carboxylic acids is 1. The van der Waals surface area contributed by atoms with Crippen LogP contribution in [-0.4, -0.2) is 34.8 Å². The first-order chi connectivity index (χ1) is 10.5. The summed E-state index contributed by atoms with van der Waals surface area (Å²) in [6.45, 7) is 0.435. The summed E-state index contributed by atoms with van der Waals surface area (Å²) in [7, 11) is 0. The average Bonchev–Trinajstić information content (AvgIpc) is 2.49. The Kier molecular flexibility index (Phi) is 7.34. The smallest absolute Gasteiger partial charge is 0.362 e. The number of ether oxygens (including phenoxy) is 1. The first-order valence-corrected chi connectivity index (χ1v) is 6.68. The van der Waals surface area contributed by atoms with Crippen LogP contribution in [0.25, 0.3) is 0 Å². The van der Waals surface area contributed by atoms with E-state index in [1.807, 2.05) is 35.8 Å². The molecule has 1 atom stereocenters. The zero-order valence-corrected chi connectivity index (χ0v) is 12.0. The van der Waals surface area contributed by atoms with Crippen molar-refractivity contribution < 1.29 is 19.8 Å². The molecule has 0 saturated carbocycles. The topological polar surface area (TPSA) is 143 Å². The van der Waals surface area contributed by atoms with E-state index in [0.29, 0.717) is 12.8 Å². The highest BCUT2D eigenvalue weighted by atomic mass is 16.7. The molecule has 9 heteroatoms. The molecule has 0 aliphatic carbocycles. The predicted octanol–water partition coefficient (Wildman–Crippen LogP) is -0.175. The molecule has 0 amide bonds. The van der Waals surface area contributed by atoms with Crippen LogP contribution in [0.5, 0.6) is 0 Å². The molecule has 6 N–H and O–H groups in total. The van der Waals surface area contributed by atoms with Gasteiger partial charge in [0.2, 0.25) is 0 Å². The van der Waals surface area contributed by atoms with Gasteiger partial charge in [-0.1, -0.05) is 30.3 Å². The van der Waals surface area contributed by atoms with E-state index in [2.05, 4.69) is 4.99 Å². The van der Waals surface area contributed by atoms with Crippen molar-refractivity contribution in [2.24, 2.45) is 16.5 Å². The molecule has 9 nitrogen and oxygen atoms in total. The largest absolute Gasteiger partial charge is 0.460 e. The Morgan fingerprint density at radius 1 is 1.41 bits per heavy atom. The lowest BCUT2D eigenvalue weighted by Crippen LogP contribution is -2.37. The molecule has 0 bridgehead atoms. The van der Waals surface area contributed by atoms with E-state index in [1.54, 1.807) is 0 Å². The molecular weight excluding hydrogens is 290 g/mol. The first kappa shape index (κ1) is 17.4. The minimum Gasteiger partial charge on any atom is -0.460 e. The number of benzene rings is 1. The Balaban J connectivity index is 2.23. The Morgan fingerprint density at radius 3 is 2.73 bits per heavy atom. The van der Waals surface area contributed by atoms with Gasteiger partial charge in [0.1, 0.15) is 17.6 Å². The Bertz CT molecular complexity index is 520. The Labute approximate surface area is 127 Å². The van der Waals surface area contributed by atoms with Crippen molar-refractivity contribution in [2.75, 3.05) is 6.54 Å². The molecule has 1 aromatic rings. The third kappa shape index (κ3) is 7.20. The summed E-state index contributed by atoms with van der Waals surface area (Å²) >= 11 is 0. The first-order valence-electron chi connectivity index (χ1n) is 6.68. The number of aliphatic imine (C=N–C) groups is 1. The molecule has 0 saturated heterocycles. The van der Waals surface area contributed by atoms with Crippen LogP contribution in [-0.2, 0) is 16.1 Å². The van der Waals surface area contributed by atoms with Gasteiger partial charge >= 0.3 is 11.0 Å². The number of hydrogen-bond acceptors (Lipinski definition) is 5. The molecule has 0 spiro atoms. The summed E-state index contributed by atoms with van der Waals surface area (Å²) in [4.78, 5) is 25.6. The Morgan fingerprint density at radius 2 is 2.09 bits per heavy atom. The van der Waals surface area contributed by atoms with E-state index in [4.69, 9.17) is 21.4 Å². The summed E-state index contributed by atoms with van der Waals surface area (Å²) in [5.74, 6) is -0.710. The molecular formula is C13H20N5O4+. The second-order valence-electron chi connectivity index (χ2n) is 4.49. The highest BCUT2D eigenvalue weighted by Gasteiger charge is 2.14. The van der Waals surface area contributed by atoms with Crippen molar-refractivity contribution in [3.05, 3.63) is 40.8 Å². The Hall–Kier alpha value is -2.68. The number of esters is 1. The van der Waals surface area contributed by atoms with Gasteiger partial charge in [0.15, 0.2) is 0 Å². The van der Waals surface area contributed by atoms with E-state index in [1.165, 1.54) is 0 Å². The van der Waals surface area contributed by atoms with Crippen LogP contribution in [0, 0.1) is 4.91 Å². The molecule has 0 heterocycles. The molecule has 0 radical (unpaired) electrons. The van der Waals surface area contributed by atoms with Crippen molar-refractivity contribution in [3.63, 3.8) is 0 Å². The van der Waals surface area contributed by atoms with Crippen LogP contribution >= 0.6 is 0 Å². The van der Waals surface area contributed by atoms with Gasteiger partial charge in [-0.15, -0.1) is 0 Å². The van der Waals surface area contributed by atoms with E-state index in [9.17, 15) is 9.70 Å². The molecule has 0 fully saturated rings. The summed E-state index contributed by atoms with van der Waals surface area (Å²) < 4.78 is 5.10. The molecule has 0 unspecified atom stereocenters. The molecule has 1 rings (SSSR count). The maximum Gasteiger partial charge on any atom is 0.362 e. The fraction of sp³-hybridized carbons (Fsp3) is 0.385. The normalized spacial score (nSPS) is 12.5. The molecule has 0 aliphatic heterocycles. The van der Waals surface area contributed by atoms with Gasteiger partial charge in [-0.05, 0) is 23.8 Å². The van der Waals surface area contributed by atoms with E-state index < -0.39 is 17.0 Å². The average molecular weight is 310 g/mol. The third-order valence-corrected chi connectivity index (χ3v) is 2.69. The quantitative estimate of drug-likeness (QED) is 0.171. The summed E-state index contributed by atoms with van der Waals surface area (Å²) in [5.41, 5.74) is 13.7. The van der Waals surface area contributed by atoms with Gasteiger partial charge in [-0.3, -0.25) is 4.79 Å². The summed E-state index contributed by atoms with van der Waals surface area (Å²) in [5, 5.41) is 7.77. The van der Waals surface area contributed by atoms with Crippen LogP contribution in [0.2, 0.25) is 0 Å². The van der Waals surface area contributed by atoms with Gasteiger partial charge in [0.25, 0.3) is 5.96 Å². The van der Waals surface area contributed by atoms with Crippen molar-refractivity contribution in [3.8, 4) is 0 Å². The predicted molar refractivity (Wildman–Crippen MR) is 78.5 cm³/mol. The fourth-order valence-electron chi connectivity index (χ4n) is 1.60. The highest BCUT2D eigenvalue weighted by Crippen LogP contribution is 2.03. The van der Waals surface area contributed by atoms with Crippen LogP contribution in [0.3, 0.4) is 0 Å². The zero-order valence-electron chi connectivity index (χ0n) is 12.0. The van der Waals surface area contributed by atoms with E-state index >= 15 is 0 Å². The van der Waals surface area contributed by atoms with E-state index in [-0.39, 0.29) is 19.1 Å². The van der Waals surface area contributed by atoms with Gasteiger partial charge in [-0.25, -0.2) is 10.2 Å². The van der Waals surface area contributed by atoms with Gasteiger partial charge in [0, 0.05) is 6.54 Å². The number of carbonyl (C=O) groups is 1. The third-order valence-electron chi connectivity index (χ3n) is 2.69. The van der Waals surface area contributed by atoms with Crippen LogP contribution < -0.4 is 16.9 Å². The number of nitrogens with two attached hydrogens (primary N) is 2. The summed E-state index contributed by atoms with van der Waals surface area (Å²) in [6.07, 6.45) is 0.846. The second-order valence-corrected chi connectivity index (χ2v) is 4.49. The minimum absolute atomic E-state index is 0.179. The fourth-order valence-corrected chi connectivity index (χ4v) is 1.60. The SMILES string of the molecule is NC(=NCCC[C@H](N)C(=O)OCc1ccccc1)N[N+](=O)O. The number of rotatable bonds is 8. The molecule has 1 aromatic carbocycles. The maximum absolute atomic E-state index is 11.7. The second kappa shape index (κ2) is 9.29. The van der Waals surface area contributed by atoms with Crippen molar-refractivity contribution in [1.82, 2.24) is 5.43 Å². The minimum atomic E-state index is -0.748. The lowest BCUT2D eigenvalue weighted by Gasteiger charge is -2.10. The molecule has 120 valence electrons. The number of guanidine groups is 1. The van der Waals surface area contributed by atoms with E-state index in [0.717, 1.165) is 5.56 Å². The monoisotopic (exact) mass is 310 g/mol. The number of hydrogen-bond donors (Lipinski definition) is 4. The maximum atomic E-state index is 11.7.